The number of anilines is 3. The predicted molar refractivity (Wildman–Crippen MR) is 241 cm³/mol. The maximum absolute atomic E-state index is 6.73. The Labute approximate surface area is 334 Å². The Balaban J connectivity index is 1.14. The molecule has 0 atom stereocenters. The second kappa shape index (κ2) is 12.9. The first kappa shape index (κ1) is 32.4. The highest BCUT2D eigenvalue weighted by molar-refractivity contribution is 6.14. The van der Waals surface area contributed by atoms with Crippen molar-refractivity contribution in [1.29, 1.82) is 0 Å². The van der Waals surface area contributed by atoms with E-state index in [1.54, 1.807) is 0 Å². The molecule has 0 fully saturated rings. The number of aromatic nitrogens is 1. The lowest BCUT2D eigenvalue weighted by Gasteiger charge is -2.27. The minimum Gasteiger partial charge on any atom is -0.455 e. The zero-order valence-electron chi connectivity index (χ0n) is 31.3. The molecule has 0 aliphatic carbocycles. The minimum atomic E-state index is 0.860. The van der Waals surface area contributed by atoms with Gasteiger partial charge < -0.3 is 18.3 Å². The number of para-hydroxylation sites is 7. The van der Waals surface area contributed by atoms with Crippen LogP contribution in [0.4, 0.5) is 17.1 Å². The van der Waals surface area contributed by atoms with Crippen molar-refractivity contribution in [3.8, 4) is 27.9 Å². The number of rotatable bonds is 6. The average Bonchev–Trinajstić information content (AvgIpc) is 3.97. The standard InChI is InChI=1S/C54H34N2O2/c1-3-15-35(16-4-1)55(38-30-32-41-40-19-7-10-26-49(40)56(50(41)34-38)36-17-5-2-6-18-36)37-29-31-39(44-22-13-23-45-42-20-8-11-27-51(42)57-53(44)45)48(33-37)47-25-14-24-46-43-21-9-12-28-52(43)58-54(46)47/h1-34H. The van der Waals surface area contributed by atoms with Crippen LogP contribution in [0.1, 0.15) is 0 Å². The maximum Gasteiger partial charge on any atom is 0.143 e. The van der Waals surface area contributed by atoms with Crippen LogP contribution in [0, 0.1) is 0 Å². The molecule has 272 valence electrons. The van der Waals surface area contributed by atoms with Gasteiger partial charge in [0.1, 0.15) is 22.3 Å². The Morgan fingerprint density at radius 1 is 0.310 bits per heavy atom. The molecule has 0 bridgehead atoms. The largest absolute Gasteiger partial charge is 0.455 e. The van der Waals surface area contributed by atoms with Gasteiger partial charge in [-0.15, -0.1) is 0 Å². The van der Waals surface area contributed by atoms with Crippen LogP contribution in [0.15, 0.2) is 215 Å². The van der Waals surface area contributed by atoms with E-state index in [-0.39, 0.29) is 0 Å². The molecule has 0 aliphatic heterocycles. The van der Waals surface area contributed by atoms with Gasteiger partial charge in [-0.1, -0.05) is 140 Å². The first-order valence-electron chi connectivity index (χ1n) is 19.7. The van der Waals surface area contributed by atoms with Crippen molar-refractivity contribution in [1.82, 2.24) is 4.57 Å². The third-order valence-electron chi connectivity index (χ3n) is 11.6. The fraction of sp³-hybridized carbons (Fsp3) is 0. The number of fused-ring (bicyclic) bond motifs is 9. The number of nitrogens with zero attached hydrogens (tertiary/aromatic N) is 2. The van der Waals surface area contributed by atoms with Crippen LogP contribution in [0.25, 0.3) is 93.6 Å². The normalized spacial score (nSPS) is 11.8. The summed E-state index contributed by atoms with van der Waals surface area (Å²) in [4.78, 5) is 2.36. The molecule has 12 rings (SSSR count). The van der Waals surface area contributed by atoms with Crippen molar-refractivity contribution >= 4 is 82.7 Å². The van der Waals surface area contributed by atoms with Crippen molar-refractivity contribution in [3.63, 3.8) is 0 Å². The molecule has 3 heterocycles. The molecule has 4 heteroatoms. The SMILES string of the molecule is c1ccc(N(c2ccc(-c3cccc4c3oc3ccccc34)c(-c3cccc4c3oc3ccccc34)c2)c2ccc3c4ccccc4n(-c4ccccc4)c3c2)cc1. The maximum atomic E-state index is 6.73. The average molecular weight is 743 g/mol. The third kappa shape index (κ3) is 4.95. The molecule has 0 amide bonds. The lowest BCUT2D eigenvalue weighted by Crippen LogP contribution is -2.10. The summed E-state index contributed by atoms with van der Waals surface area (Å²) in [5.74, 6) is 0. The first-order valence-corrected chi connectivity index (χ1v) is 19.7. The third-order valence-corrected chi connectivity index (χ3v) is 11.6. The molecular weight excluding hydrogens is 709 g/mol. The highest BCUT2D eigenvalue weighted by Crippen LogP contribution is 2.47. The molecule has 0 saturated heterocycles. The van der Waals surface area contributed by atoms with E-state index in [1.807, 2.05) is 24.3 Å². The predicted octanol–water partition coefficient (Wildman–Crippen LogP) is 15.4. The zero-order valence-corrected chi connectivity index (χ0v) is 31.3. The Hall–Kier alpha value is -7.82. The molecule has 0 aliphatic rings. The van der Waals surface area contributed by atoms with Crippen LogP contribution in [0.5, 0.6) is 0 Å². The van der Waals surface area contributed by atoms with Gasteiger partial charge in [-0.05, 0) is 77.9 Å². The van der Waals surface area contributed by atoms with Crippen LogP contribution >= 0.6 is 0 Å². The topological polar surface area (TPSA) is 34.5 Å². The molecule has 0 N–H and O–H groups in total. The van der Waals surface area contributed by atoms with Gasteiger partial charge in [0.25, 0.3) is 0 Å². The summed E-state index contributed by atoms with van der Waals surface area (Å²) in [7, 11) is 0. The van der Waals surface area contributed by atoms with Crippen molar-refractivity contribution in [3.05, 3.63) is 206 Å². The Bertz CT molecular complexity index is 3520. The van der Waals surface area contributed by atoms with Crippen LogP contribution in [-0.4, -0.2) is 4.57 Å². The van der Waals surface area contributed by atoms with Gasteiger partial charge in [-0.25, -0.2) is 0 Å². The van der Waals surface area contributed by atoms with Gasteiger partial charge in [-0.3, -0.25) is 0 Å². The zero-order chi connectivity index (χ0) is 38.2. The van der Waals surface area contributed by atoms with E-state index in [0.717, 1.165) is 94.4 Å². The van der Waals surface area contributed by atoms with E-state index in [1.165, 1.54) is 16.3 Å². The highest BCUT2D eigenvalue weighted by Gasteiger charge is 2.23. The van der Waals surface area contributed by atoms with Crippen LogP contribution < -0.4 is 4.90 Å². The summed E-state index contributed by atoms with van der Waals surface area (Å²) in [5.41, 5.74) is 14.2. The molecular formula is C54H34N2O2. The molecule has 9 aromatic carbocycles. The molecule has 0 spiro atoms. The van der Waals surface area contributed by atoms with E-state index in [9.17, 15) is 0 Å². The molecule has 3 aromatic heterocycles. The van der Waals surface area contributed by atoms with Gasteiger partial charge in [0.15, 0.2) is 0 Å². The lowest BCUT2D eigenvalue weighted by molar-refractivity contribution is 0.669. The van der Waals surface area contributed by atoms with Crippen LogP contribution in [0.3, 0.4) is 0 Å². The van der Waals surface area contributed by atoms with E-state index < -0.39 is 0 Å². The number of benzene rings is 9. The van der Waals surface area contributed by atoms with Gasteiger partial charge in [0.2, 0.25) is 0 Å². The summed E-state index contributed by atoms with van der Waals surface area (Å²) in [6.07, 6.45) is 0. The minimum absolute atomic E-state index is 0.860. The molecule has 12 aromatic rings. The second-order valence-corrected chi connectivity index (χ2v) is 14.9. The van der Waals surface area contributed by atoms with E-state index in [0.29, 0.717) is 0 Å². The molecule has 0 saturated carbocycles. The molecule has 0 unspecified atom stereocenters. The number of hydrogen-bond donors (Lipinski definition) is 0. The monoisotopic (exact) mass is 742 g/mol. The van der Waals surface area contributed by atoms with E-state index in [4.69, 9.17) is 8.83 Å². The number of furan rings is 2. The Morgan fingerprint density at radius 2 is 0.828 bits per heavy atom. The van der Waals surface area contributed by atoms with Crippen molar-refractivity contribution in [2.75, 3.05) is 4.90 Å². The van der Waals surface area contributed by atoms with Crippen LogP contribution in [0.2, 0.25) is 0 Å². The van der Waals surface area contributed by atoms with Crippen LogP contribution in [-0.2, 0) is 0 Å². The summed E-state index contributed by atoms with van der Waals surface area (Å²) in [6, 6.07) is 73.2. The molecule has 0 radical (unpaired) electrons. The van der Waals surface area contributed by atoms with E-state index in [2.05, 4.69) is 191 Å². The van der Waals surface area contributed by atoms with Gasteiger partial charge in [0, 0.05) is 66.2 Å². The Morgan fingerprint density at radius 3 is 1.52 bits per heavy atom. The lowest BCUT2D eigenvalue weighted by atomic mass is 9.91. The molecule has 4 nitrogen and oxygen atoms in total. The fourth-order valence-electron chi connectivity index (χ4n) is 9.03. The second-order valence-electron chi connectivity index (χ2n) is 14.9. The smallest absolute Gasteiger partial charge is 0.143 e. The van der Waals surface area contributed by atoms with Crippen molar-refractivity contribution < 1.29 is 8.83 Å². The van der Waals surface area contributed by atoms with E-state index >= 15 is 0 Å². The van der Waals surface area contributed by atoms with Crippen molar-refractivity contribution in [2.45, 2.75) is 0 Å². The summed E-state index contributed by atoms with van der Waals surface area (Å²) in [5, 5.41) is 6.83. The summed E-state index contributed by atoms with van der Waals surface area (Å²) >= 11 is 0. The highest BCUT2D eigenvalue weighted by atomic mass is 16.3. The summed E-state index contributed by atoms with van der Waals surface area (Å²) in [6.45, 7) is 0. The molecule has 58 heavy (non-hydrogen) atoms. The number of hydrogen-bond acceptors (Lipinski definition) is 3. The van der Waals surface area contributed by atoms with Gasteiger partial charge in [-0.2, -0.15) is 0 Å². The first-order chi connectivity index (χ1) is 28.8. The quantitative estimate of drug-likeness (QED) is 0.170. The van der Waals surface area contributed by atoms with Gasteiger partial charge >= 0.3 is 0 Å². The fourth-order valence-corrected chi connectivity index (χ4v) is 9.03. The summed E-state index contributed by atoms with van der Waals surface area (Å²) < 4.78 is 15.8. The van der Waals surface area contributed by atoms with Crippen molar-refractivity contribution in [2.24, 2.45) is 0 Å². The van der Waals surface area contributed by atoms with Gasteiger partial charge in [0.05, 0.1) is 11.0 Å². The Kier molecular flexibility index (Phi) is 7.20.